The lowest BCUT2D eigenvalue weighted by Crippen LogP contribution is -2.30. The number of hydrogen-bond acceptors (Lipinski definition) is 3. The van der Waals surface area contributed by atoms with Crippen molar-refractivity contribution < 1.29 is 19.4 Å². The molecule has 4 nitrogen and oxygen atoms in total. The van der Waals surface area contributed by atoms with Crippen molar-refractivity contribution in [2.45, 2.75) is 26.1 Å². The number of methoxy groups -OCH3 is 1. The van der Waals surface area contributed by atoms with Crippen LogP contribution in [0, 0.1) is 5.92 Å². The summed E-state index contributed by atoms with van der Waals surface area (Å²) in [6.45, 7) is 2.19. The Bertz CT molecular complexity index is 607. The van der Waals surface area contributed by atoms with E-state index in [9.17, 15) is 9.90 Å². The van der Waals surface area contributed by atoms with Gasteiger partial charge >= 0.3 is 5.97 Å². The Labute approximate surface area is 136 Å². The van der Waals surface area contributed by atoms with Crippen LogP contribution in [0.15, 0.2) is 54.6 Å². The van der Waals surface area contributed by atoms with E-state index < -0.39 is 11.9 Å². The average molecular weight is 314 g/mol. The Morgan fingerprint density at radius 2 is 1.70 bits per heavy atom. The van der Waals surface area contributed by atoms with Crippen LogP contribution in [0.4, 0.5) is 0 Å². The molecule has 0 heterocycles. The molecule has 4 heteroatoms. The third-order valence-corrected chi connectivity index (χ3v) is 3.85. The fraction of sp³-hybridized carbons (Fsp3) is 0.316. The molecule has 0 fully saturated rings. The van der Waals surface area contributed by atoms with Crippen LogP contribution in [-0.4, -0.2) is 24.3 Å². The first-order valence-electron chi connectivity index (χ1n) is 7.61. The highest BCUT2D eigenvalue weighted by atomic mass is 16.5. The molecule has 0 aliphatic heterocycles. The Morgan fingerprint density at radius 3 is 2.26 bits per heavy atom. The maximum Gasteiger partial charge on any atom is 0.309 e. The van der Waals surface area contributed by atoms with Crippen LogP contribution >= 0.6 is 0 Å². The van der Waals surface area contributed by atoms with Gasteiger partial charge in [-0.05, 0) is 36.6 Å². The Morgan fingerprint density at radius 1 is 1.04 bits per heavy atom. The molecule has 0 aliphatic carbocycles. The standard InChI is InChI=1S/C19H22O4/c1-14(23-13-16-8-10-17(22-2)11-9-16)18(19(20)21)12-15-6-4-3-5-7-15/h3-11,14,18H,12-13H2,1-2H3,(H,20,21)/t14-,18-/m0/s1. The zero-order valence-electron chi connectivity index (χ0n) is 13.4. The minimum absolute atomic E-state index is 0.379. The predicted molar refractivity (Wildman–Crippen MR) is 88.5 cm³/mol. The number of hydrogen-bond donors (Lipinski definition) is 1. The summed E-state index contributed by atoms with van der Waals surface area (Å²) in [6, 6.07) is 17.2. The lowest BCUT2D eigenvalue weighted by Gasteiger charge is -2.21. The molecule has 0 bridgehead atoms. The maximum atomic E-state index is 11.5. The first-order chi connectivity index (χ1) is 11.1. The highest BCUT2D eigenvalue weighted by Gasteiger charge is 2.25. The smallest absolute Gasteiger partial charge is 0.309 e. The SMILES string of the molecule is COc1ccc(CO[C@@H](C)[C@H](Cc2ccccc2)C(=O)O)cc1. The van der Waals surface area contributed by atoms with Gasteiger partial charge in [-0.1, -0.05) is 42.5 Å². The molecule has 2 aromatic rings. The summed E-state index contributed by atoms with van der Waals surface area (Å²) in [4.78, 5) is 11.5. The van der Waals surface area contributed by atoms with Crippen LogP contribution < -0.4 is 4.74 Å². The van der Waals surface area contributed by atoms with E-state index in [0.717, 1.165) is 16.9 Å². The Hall–Kier alpha value is -2.33. The van der Waals surface area contributed by atoms with Gasteiger partial charge in [-0.2, -0.15) is 0 Å². The lowest BCUT2D eigenvalue weighted by atomic mass is 9.95. The summed E-state index contributed by atoms with van der Waals surface area (Å²) >= 11 is 0. The second-order valence-electron chi connectivity index (χ2n) is 5.50. The Kier molecular flexibility index (Phi) is 6.18. The summed E-state index contributed by atoms with van der Waals surface area (Å²) in [5, 5.41) is 9.47. The van der Waals surface area contributed by atoms with Gasteiger partial charge in [-0.25, -0.2) is 0 Å². The molecule has 2 rings (SSSR count). The highest BCUT2D eigenvalue weighted by Crippen LogP contribution is 2.18. The summed E-state index contributed by atoms with van der Waals surface area (Å²) < 4.78 is 10.9. The third kappa shape index (κ3) is 5.11. The maximum absolute atomic E-state index is 11.5. The van der Waals surface area contributed by atoms with Gasteiger partial charge in [0, 0.05) is 0 Å². The van der Waals surface area contributed by atoms with Gasteiger partial charge in [0.1, 0.15) is 5.75 Å². The van der Waals surface area contributed by atoms with Crippen molar-refractivity contribution in [3.63, 3.8) is 0 Å². The van der Waals surface area contributed by atoms with Crippen molar-refractivity contribution >= 4 is 5.97 Å². The first kappa shape index (κ1) is 17.0. The molecular formula is C19H22O4. The van der Waals surface area contributed by atoms with Crippen LogP contribution in [-0.2, 0) is 22.6 Å². The molecule has 0 unspecified atom stereocenters. The summed E-state index contributed by atoms with van der Waals surface area (Å²) in [7, 11) is 1.62. The second kappa shape index (κ2) is 8.34. The minimum atomic E-state index is -0.837. The third-order valence-electron chi connectivity index (χ3n) is 3.85. The van der Waals surface area contributed by atoms with E-state index in [1.165, 1.54) is 0 Å². The first-order valence-corrected chi connectivity index (χ1v) is 7.61. The average Bonchev–Trinajstić information content (AvgIpc) is 2.58. The van der Waals surface area contributed by atoms with Crippen LogP contribution in [0.1, 0.15) is 18.1 Å². The molecule has 2 atom stereocenters. The molecule has 0 aliphatic rings. The van der Waals surface area contributed by atoms with E-state index in [0.29, 0.717) is 13.0 Å². The van der Waals surface area contributed by atoms with E-state index in [2.05, 4.69) is 0 Å². The topological polar surface area (TPSA) is 55.8 Å². The van der Waals surface area contributed by atoms with Gasteiger partial charge in [0.2, 0.25) is 0 Å². The molecule has 23 heavy (non-hydrogen) atoms. The predicted octanol–water partition coefficient (Wildman–Crippen LogP) is 3.54. The largest absolute Gasteiger partial charge is 0.497 e. The molecule has 0 saturated carbocycles. The van der Waals surface area contributed by atoms with Gasteiger partial charge in [0.25, 0.3) is 0 Å². The second-order valence-corrected chi connectivity index (χ2v) is 5.50. The number of ether oxygens (including phenoxy) is 2. The van der Waals surface area contributed by atoms with Crippen molar-refractivity contribution in [1.82, 2.24) is 0 Å². The van der Waals surface area contributed by atoms with Crippen LogP contribution in [0.3, 0.4) is 0 Å². The summed E-state index contributed by atoms with van der Waals surface area (Å²) in [5.41, 5.74) is 1.99. The number of carbonyl (C=O) groups is 1. The number of benzene rings is 2. The van der Waals surface area contributed by atoms with Crippen molar-refractivity contribution in [2.24, 2.45) is 5.92 Å². The van der Waals surface area contributed by atoms with Gasteiger partial charge in [0.15, 0.2) is 0 Å². The molecule has 122 valence electrons. The Balaban J connectivity index is 1.95. The van der Waals surface area contributed by atoms with Crippen molar-refractivity contribution in [3.8, 4) is 5.75 Å². The van der Waals surface area contributed by atoms with Gasteiger partial charge in [0.05, 0.1) is 25.7 Å². The van der Waals surface area contributed by atoms with Crippen molar-refractivity contribution in [1.29, 1.82) is 0 Å². The van der Waals surface area contributed by atoms with Crippen molar-refractivity contribution in [3.05, 3.63) is 65.7 Å². The zero-order valence-corrected chi connectivity index (χ0v) is 13.4. The normalized spacial score (nSPS) is 13.3. The fourth-order valence-corrected chi connectivity index (χ4v) is 2.39. The minimum Gasteiger partial charge on any atom is -0.497 e. The lowest BCUT2D eigenvalue weighted by molar-refractivity contribution is -0.147. The van der Waals surface area contributed by atoms with Gasteiger partial charge in [-0.3, -0.25) is 4.79 Å². The molecule has 0 spiro atoms. The molecule has 0 saturated heterocycles. The van der Waals surface area contributed by atoms with E-state index in [-0.39, 0.29) is 6.10 Å². The van der Waals surface area contributed by atoms with E-state index in [4.69, 9.17) is 9.47 Å². The van der Waals surface area contributed by atoms with Crippen LogP contribution in [0.5, 0.6) is 5.75 Å². The number of aliphatic carboxylic acids is 1. The fourth-order valence-electron chi connectivity index (χ4n) is 2.39. The van der Waals surface area contributed by atoms with E-state index >= 15 is 0 Å². The van der Waals surface area contributed by atoms with E-state index in [1.807, 2.05) is 61.5 Å². The quantitative estimate of drug-likeness (QED) is 0.809. The molecule has 0 aromatic heterocycles. The van der Waals surface area contributed by atoms with Crippen LogP contribution in [0.2, 0.25) is 0 Å². The zero-order chi connectivity index (χ0) is 16.7. The molecule has 1 N–H and O–H groups in total. The molecular weight excluding hydrogens is 292 g/mol. The number of rotatable bonds is 8. The monoisotopic (exact) mass is 314 g/mol. The van der Waals surface area contributed by atoms with Crippen molar-refractivity contribution in [2.75, 3.05) is 7.11 Å². The summed E-state index contributed by atoms with van der Waals surface area (Å²) in [6.07, 6.45) is 0.0785. The van der Waals surface area contributed by atoms with E-state index in [1.54, 1.807) is 7.11 Å². The number of carboxylic acid groups (broad SMARTS) is 1. The highest BCUT2D eigenvalue weighted by molar-refractivity contribution is 5.71. The van der Waals surface area contributed by atoms with Gasteiger partial charge in [-0.15, -0.1) is 0 Å². The van der Waals surface area contributed by atoms with Gasteiger partial charge < -0.3 is 14.6 Å². The molecule has 0 amide bonds. The molecule has 2 aromatic carbocycles. The number of carboxylic acids is 1. The van der Waals surface area contributed by atoms with Crippen LogP contribution in [0.25, 0.3) is 0 Å². The molecule has 0 radical (unpaired) electrons. The summed E-state index contributed by atoms with van der Waals surface area (Å²) in [5.74, 6) is -0.624.